The van der Waals surface area contributed by atoms with E-state index in [1.165, 1.54) is 0 Å². The van der Waals surface area contributed by atoms with Crippen LogP contribution in [0.15, 0.2) is 24.7 Å². The molecule has 124 valence electrons. The van der Waals surface area contributed by atoms with Gasteiger partial charge in [0.25, 0.3) is 0 Å². The molecule has 0 bridgehead atoms. The van der Waals surface area contributed by atoms with Crippen molar-refractivity contribution in [1.82, 2.24) is 24.8 Å². The second-order valence-corrected chi connectivity index (χ2v) is 6.01. The Morgan fingerprint density at radius 1 is 1.43 bits per heavy atom. The maximum atomic E-state index is 12.3. The molecule has 2 aromatic heterocycles. The number of rotatable bonds is 4. The van der Waals surface area contributed by atoms with Crippen molar-refractivity contribution >= 4 is 17.4 Å². The predicted octanol–water partition coefficient (Wildman–Crippen LogP) is 0.958. The highest BCUT2D eigenvalue weighted by Crippen LogP contribution is 2.17. The molecule has 2 N–H and O–H groups in total. The highest BCUT2D eigenvalue weighted by atomic mass is 16.5. The third-order valence-corrected chi connectivity index (χ3v) is 4.22. The molecule has 1 aliphatic rings. The maximum Gasteiger partial charge on any atom is 0.319 e. The largest absolute Gasteiger partial charge is 0.378 e. The molecule has 1 saturated heterocycles. The van der Waals surface area contributed by atoms with E-state index in [2.05, 4.69) is 39.6 Å². The Kier molecular flexibility index (Phi) is 4.44. The fraction of sp³-hybridized carbons (Fsp3) is 0.533. The number of carbonyl (C=O) groups is 1. The van der Waals surface area contributed by atoms with Gasteiger partial charge in [0.2, 0.25) is 0 Å². The Labute approximate surface area is 134 Å². The van der Waals surface area contributed by atoms with Gasteiger partial charge in [0.1, 0.15) is 6.33 Å². The molecule has 1 fully saturated rings. The van der Waals surface area contributed by atoms with Gasteiger partial charge in [-0.1, -0.05) is 0 Å². The minimum absolute atomic E-state index is 0.00738. The van der Waals surface area contributed by atoms with Gasteiger partial charge in [-0.15, -0.1) is 10.2 Å². The van der Waals surface area contributed by atoms with Crippen molar-refractivity contribution in [2.45, 2.75) is 32.0 Å². The highest BCUT2D eigenvalue weighted by molar-refractivity contribution is 5.93. The maximum absolute atomic E-state index is 12.3. The lowest BCUT2D eigenvalue weighted by molar-refractivity contribution is 0.0896. The monoisotopic (exact) mass is 318 g/mol. The summed E-state index contributed by atoms with van der Waals surface area (Å²) in [6.45, 7) is 5.87. The number of carbonyl (C=O) groups excluding carboxylic acids is 1. The number of urea groups is 1. The summed E-state index contributed by atoms with van der Waals surface area (Å²) in [7, 11) is 1.68. The second kappa shape index (κ2) is 6.51. The van der Waals surface area contributed by atoms with Gasteiger partial charge in [0.15, 0.2) is 5.65 Å². The van der Waals surface area contributed by atoms with Crippen molar-refractivity contribution in [3.8, 4) is 0 Å². The number of amides is 2. The summed E-state index contributed by atoms with van der Waals surface area (Å²) >= 11 is 0. The minimum atomic E-state index is -0.265. The number of aromatic nitrogens is 3. The molecule has 0 aromatic carbocycles. The van der Waals surface area contributed by atoms with E-state index in [1.807, 2.05) is 12.3 Å². The number of methoxy groups -OCH3 is 1. The zero-order chi connectivity index (χ0) is 16.4. The van der Waals surface area contributed by atoms with E-state index < -0.39 is 0 Å². The number of anilines is 1. The molecule has 2 atom stereocenters. The smallest absolute Gasteiger partial charge is 0.319 e. The zero-order valence-electron chi connectivity index (χ0n) is 13.6. The van der Waals surface area contributed by atoms with Gasteiger partial charge >= 0.3 is 6.03 Å². The average molecular weight is 318 g/mol. The number of likely N-dealkylation sites (tertiary alicyclic amines) is 1. The van der Waals surface area contributed by atoms with Crippen LogP contribution in [0.2, 0.25) is 0 Å². The Balaban J connectivity index is 1.66. The SMILES string of the molecule is CO[C@H]1CN(C(C)C)C[C@@H]1NC(=O)Nc1cccn2cnnc12. The van der Waals surface area contributed by atoms with Crippen molar-refractivity contribution in [3.05, 3.63) is 24.7 Å². The van der Waals surface area contributed by atoms with Gasteiger partial charge in [-0.2, -0.15) is 0 Å². The third kappa shape index (κ3) is 3.27. The highest BCUT2D eigenvalue weighted by Gasteiger charge is 2.35. The summed E-state index contributed by atoms with van der Waals surface area (Å²) in [5, 5.41) is 13.7. The molecule has 0 saturated carbocycles. The first kappa shape index (κ1) is 15.7. The molecule has 1 aliphatic heterocycles. The molecule has 8 heteroatoms. The topological polar surface area (TPSA) is 83.8 Å². The molecular weight excluding hydrogens is 296 g/mol. The molecule has 0 aliphatic carbocycles. The van der Waals surface area contributed by atoms with E-state index in [9.17, 15) is 4.79 Å². The van der Waals surface area contributed by atoms with Crippen molar-refractivity contribution in [3.63, 3.8) is 0 Å². The van der Waals surface area contributed by atoms with Crippen LogP contribution in [0, 0.1) is 0 Å². The molecule has 3 heterocycles. The number of nitrogens with one attached hydrogen (secondary N) is 2. The van der Waals surface area contributed by atoms with Crippen molar-refractivity contribution in [2.75, 3.05) is 25.5 Å². The van der Waals surface area contributed by atoms with Crippen LogP contribution in [0.1, 0.15) is 13.8 Å². The van der Waals surface area contributed by atoms with E-state index >= 15 is 0 Å². The van der Waals surface area contributed by atoms with Crippen molar-refractivity contribution < 1.29 is 9.53 Å². The summed E-state index contributed by atoms with van der Waals surface area (Å²) < 4.78 is 7.26. The lowest BCUT2D eigenvalue weighted by Gasteiger charge is -2.20. The average Bonchev–Trinajstić information content (AvgIpc) is 3.14. The number of nitrogens with zero attached hydrogens (tertiary/aromatic N) is 4. The molecule has 0 unspecified atom stereocenters. The number of hydrogen-bond donors (Lipinski definition) is 2. The molecule has 8 nitrogen and oxygen atoms in total. The molecular formula is C15H22N6O2. The van der Waals surface area contributed by atoms with E-state index in [1.54, 1.807) is 23.9 Å². The van der Waals surface area contributed by atoms with Crippen molar-refractivity contribution in [1.29, 1.82) is 0 Å². The third-order valence-electron chi connectivity index (χ3n) is 4.22. The Morgan fingerprint density at radius 2 is 2.26 bits per heavy atom. The molecule has 23 heavy (non-hydrogen) atoms. The normalized spacial score (nSPS) is 21.9. The van der Waals surface area contributed by atoms with Crippen LogP contribution in [-0.2, 0) is 4.74 Å². The zero-order valence-corrected chi connectivity index (χ0v) is 13.6. The number of fused-ring (bicyclic) bond motifs is 1. The van der Waals surface area contributed by atoms with Gasteiger partial charge in [-0.3, -0.25) is 9.30 Å². The van der Waals surface area contributed by atoms with Crippen LogP contribution in [0.25, 0.3) is 5.65 Å². The minimum Gasteiger partial charge on any atom is -0.378 e. The first-order valence-electron chi connectivity index (χ1n) is 7.71. The van der Waals surface area contributed by atoms with E-state index in [0.717, 1.165) is 13.1 Å². The second-order valence-electron chi connectivity index (χ2n) is 6.01. The summed E-state index contributed by atoms with van der Waals surface area (Å²) in [5.74, 6) is 0. The quantitative estimate of drug-likeness (QED) is 0.877. The summed E-state index contributed by atoms with van der Waals surface area (Å²) in [4.78, 5) is 14.6. The molecule has 2 aromatic rings. The molecule has 0 spiro atoms. The van der Waals surface area contributed by atoms with E-state index in [0.29, 0.717) is 17.4 Å². The number of ether oxygens (including phenoxy) is 1. The first-order chi connectivity index (χ1) is 11.1. The Bertz CT molecular complexity index is 685. The van der Waals surface area contributed by atoms with Crippen LogP contribution in [0.5, 0.6) is 0 Å². The van der Waals surface area contributed by atoms with Crippen LogP contribution in [0.4, 0.5) is 10.5 Å². The summed E-state index contributed by atoms with van der Waals surface area (Å²) in [6, 6.07) is 3.75. The fourth-order valence-electron chi connectivity index (χ4n) is 2.88. The van der Waals surface area contributed by atoms with E-state index in [-0.39, 0.29) is 18.2 Å². The fourth-order valence-corrected chi connectivity index (χ4v) is 2.88. The van der Waals surface area contributed by atoms with Crippen LogP contribution in [-0.4, -0.2) is 63.9 Å². The Hall–Kier alpha value is -2.19. The van der Waals surface area contributed by atoms with Gasteiger partial charge in [-0.05, 0) is 26.0 Å². The van der Waals surface area contributed by atoms with Gasteiger partial charge in [0, 0.05) is 32.4 Å². The predicted molar refractivity (Wildman–Crippen MR) is 86.4 cm³/mol. The summed E-state index contributed by atoms with van der Waals surface area (Å²) in [5.41, 5.74) is 1.23. The molecule has 0 radical (unpaired) electrons. The van der Waals surface area contributed by atoms with Gasteiger partial charge < -0.3 is 15.4 Å². The van der Waals surface area contributed by atoms with Gasteiger partial charge in [0.05, 0.1) is 17.8 Å². The van der Waals surface area contributed by atoms with Crippen LogP contribution in [0.3, 0.4) is 0 Å². The van der Waals surface area contributed by atoms with Crippen LogP contribution >= 0.6 is 0 Å². The number of hydrogen-bond acceptors (Lipinski definition) is 5. The van der Waals surface area contributed by atoms with Gasteiger partial charge in [-0.25, -0.2) is 4.79 Å². The van der Waals surface area contributed by atoms with E-state index in [4.69, 9.17) is 4.74 Å². The van der Waals surface area contributed by atoms with Crippen molar-refractivity contribution in [2.24, 2.45) is 0 Å². The standard InChI is InChI=1S/C15H22N6O2/c1-10(2)21-7-12(13(8-21)23-3)18-15(22)17-11-5-4-6-20-9-16-19-14(11)20/h4-6,9-10,12-13H,7-8H2,1-3H3,(H2,17,18,22)/t12-,13-/m0/s1. The molecule has 2 amide bonds. The lowest BCUT2D eigenvalue weighted by atomic mass is 10.2. The summed E-state index contributed by atoms with van der Waals surface area (Å²) in [6.07, 6.45) is 3.42. The van der Waals surface area contributed by atoms with Crippen LogP contribution < -0.4 is 10.6 Å². The lowest BCUT2D eigenvalue weighted by Crippen LogP contribution is -2.45. The first-order valence-corrected chi connectivity index (χ1v) is 7.71. The number of pyridine rings is 1. The Morgan fingerprint density at radius 3 is 3.00 bits per heavy atom. The molecule has 3 rings (SSSR count).